The lowest BCUT2D eigenvalue weighted by molar-refractivity contribution is -0.136. The number of sulfonamides is 1. The molecule has 0 aliphatic carbocycles. The smallest absolute Gasteiger partial charge is 0.407 e. The van der Waals surface area contributed by atoms with E-state index < -0.39 is 28.1 Å². The largest absolute Gasteiger partial charge is 0.465 e. The van der Waals surface area contributed by atoms with E-state index in [4.69, 9.17) is 0 Å². The first-order chi connectivity index (χ1) is 15.1. The summed E-state index contributed by atoms with van der Waals surface area (Å²) >= 11 is 0. The molecular weight excluding hydrogens is 436 g/mol. The highest BCUT2D eigenvalue weighted by molar-refractivity contribution is 7.89. The normalized spacial score (nSPS) is 21.6. The van der Waals surface area contributed by atoms with Crippen LogP contribution in [0.5, 0.6) is 0 Å². The van der Waals surface area contributed by atoms with Gasteiger partial charge in [0.05, 0.1) is 11.3 Å². The van der Waals surface area contributed by atoms with E-state index >= 15 is 0 Å². The van der Waals surface area contributed by atoms with Crippen molar-refractivity contribution in [3.8, 4) is 0 Å². The second-order valence-corrected chi connectivity index (χ2v) is 9.89. The summed E-state index contributed by atoms with van der Waals surface area (Å²) in [6.45, 7) is 2.57. The maximum atomic E-state index is 13.2. The van der Waals surface area contributed by atoms with Gasteiger partial charge >= 0.3 is 6.09 Å². The Hall–Kier alpha value is -3.08. The van der Waals surface area contributed by atoms with Crippen molar-refractivity contribution in [1.29, 1.82) is 0 Å². The van der Waals surface area contributed by atoms with Crippen LogP contribution < -0.4 is 5.32 Å². The molecule has 2 aliphatic heterocycles. The van der Waals surface area contributed by atoms with E-state index in [9.17, 15) is 27.9 Å². The van der Waals surface area contributed by atoms with Crippen LogP contribution in [0, 0.1) is 6.92 Å². The fraction of sp³-hybridized carbons (Fsp3) is 0.476. The van der Waals surface area contributed by atoms with E-state index in [1.54, 1.807) is 19.2 Å². The molecule has 1 saturated heterocycles. The number of nitrogens with one attached hydrogen (secondary N) is 1. The fourth-order valence-electron chi connectivity index (χ4n) is 3.94. The maximum absolute atomic E-state index is 13.2. The number of amides is 3. The van der Waals surface area contributed by atoms with E-state index in [1.807, 2.05) is 6.92 Å². The molecule has 32 heavy (non-hydrogen) atoms. The summed E-state index contributed by atoms with van der Waals surface area (Å²) in [6.07, 6.45) is 2.93. The number of carboxylic acid groups (broad SMARTS) is 1. The highest BCUT2D eigenvalue weighted by Gasteiger charge is 2.38. The molecule has 174 valence electrons. The monoisotopic (exact) mass is 464 g/mol. The van der Waals surface area contributed by atoms with Crippen molar-refractivity contribution in [3.63, 3.8) is 0 Å². The van der Waals surface area contributed by atoms with Crippen molar-refractivity contribution in [2.75, 3.05) is 20.1 Å². The van der Waals surface area contributed by atoms with Gasteiger partial charge in [0.2, 0.25) is 11.8 Å². The van der Waals surface area contributed by atoms with Gasteiger partial charge < -0.3 is 20.2 Å². The second kappa shape index (κ2) is 9.60. The third-order valence-electron chi connectivity index (χ3n) is 5.93. The van der Waals surface area contributed by atoms with E-state index in [0.29, 0.717) is 32.4 Å². The Morgan fingerprint density at radius 2 is 1.88 bits per heavy atom. The number of likely N-dealkylation sites (tertiary alicyclic amines) is 1. The van der Waals surface area contributed by atoms with Crippen LogP contribution in [0.15, 0.2) is 41.6 Å². The highest BCUT2D eigenvalue weighted by Crippen LogP contribution is 2.24. The van der Waals surface area contributed by atoms with Gasteiger partial charge in [0.1, 0.15) is 6.04 Å². The van der Waals surface area contributed by atoms with Crippen molar-refractivity contribution in [3.05, 3.63) is 42.2 Å². The SMILES string of the molecule is Cc1ccc(S(=O)(=O)N2C=CNC(=O)[C@H]2CC(=O)N(C)[C@H]2CCCN(C(=O)O)CC2)cc1. The zero-order valence-electron chi connectivity index (χ0n) is 18.1. The molecule has 11 heteroatoms. The molecule has 2 aliphatic rings. The number of hydrogen-bond donors (Lipinski definition) is 2. The first-order valence-electron chi connectivity index (χ1n) is 10.4. The number of benzene rings is 1. The molecule has 2 atom stereocenters. The topological polar surface area (TPSA) is 127 Å². The van der Waals surface area contributed by atoms with Crippen molar-refractivity contribution in [2.45, 2.75) is 49.6 Å². The molecule has 0 spiro atoms. The minimum atomic E-state index is -4.04. The van der Waals surface area contributed by atoms with Gasteiger partial charge in [-0.15, -0.1) is 0 Å². The fourth-order valence-corrected chi connectivity index (χ4v) is 5.39. The number of hydrogen-bond acceptors (Lipinski definition) is 5. The van der Waals surface area contributed by atoms with Crippen LogP contribution in [0.3, 0.4) is 0 Å². The number of carbonyl (C=O) groups excluding carboxylic acids is 2. The number of aryl methyl sites for hydroxylation is 1. The van der Waals surface area contributed by atoms with Gasteiger partial charge in [-0.05, 0) is 38.3 Å². The summed E-state index contributed by atoms with van der Waals surface area (Å²) in [4.78, 5) is 39.6. The van der Waals surface area contributed by atoms with Crippen LogP contribution in [0.2, 0.25) is 0 Å². The lowest BCUT2D eigenvalue weighted by Gasteiger charge is -2.33. The van der Waals surface area contributed by atoms with E-state index in [0.717, 1.165) is 9.87 Å². The van der Waals surface area contributed by atoms with Crippen molar-refractivity contribution in [1.82, 2.24) is 19.4 Å². The molecule has 2 heterocycles. The summed E-state index contributed by atoms with van der Waals surface area (Å²) < 4.78 is 27.3. The Labute approximate surface area is 187 Å². The van der Waals surface area contributed by atoms with E-state index in [2.05, 4.69) is 5.32 Å². The Bertz CT molecular complexity index is 1010. The zero-order chi connectivity index (χ0) is 23.5. The second-order valence-electron chi connectivity index (χ2n) is 8.05. The Balaban J connectivity index is 1.75. The van der Waals surface area contributed by atoms with Gasteiger partial charge in [-0.3, -0.25) is 13.9 Å². The van der Waals surface area contributed by atoms with Crippen LogP contribution in [-0.2, 0) is 19.6 Å². The Kier molecular flexibility index (Phi) is 7.07. The lowest BCUT2D eigenvalue weighted by Crippen LogP contribution is -2.51. The molecule has 3 rings (SSSR count). The van der Waals surface area contributed by atoms with Crippen LogP contribution in [0.25, 0.3) is 0 Å². The quantitative estimate of drug-likeness (QED) is 0.677. The van der Waals surface area contributed by atoms with Crippen molar-refractivity contribution < 1.29 is 27.9 Å². The molecule has 0 bridgehead atoms. The summed E-state index contributed by atoms with van der Waals surface area (Å²) in [5.41, 5.74) is 0.897. The Morgan fingerprint density at radius 1 is 1.19 bits per heavy atom. The van der Waals surface area contributed by atoms with Gasteiger partial charge in [0.25, 0.3) is 10.0 Å². The molecule has 2 N–H and O–H groups in total. The number of rotatable bonds is 5. The van der Waals surface area contributed by atoms with Gasteiger partial charge in [-0.2, -0.15) is 0 Å². The molecule has 0 unspecified atom stereocenters. The van der Waals surface area contributed by atoms with Crippen LogP contribution >= 0.6 is 0 Å². The van der Waals surface area contributed by atoms with E-state index in [1.165, 1.54) is 34.3 Å². The third-order valence-corrected chi connectivity index (χ3v) is 7.73. The van der Waals surface area contributed by atoms with Crippen LogP contribution in [0.1, 0.15) is 31.2 Å². The predicted octanol–water partition coefficient (Wildman–Crippen LogP) is 1.34. The van der Waals surface area contributed by atoms with Crippen molar-refractivity contribution >= 4 is 27.9 Å². The van der Waals surface area contributed by atoms with Gasteiger partial charge in [-0.1, -0.05) is 17.7 Å². The summed E-state index contributed by atoms with van der Waals surface area (Å²) in [5, 5.41) is 11.7. The van der Waals surface area contributed by atoms with Crippen LogP contribution in [-0.4, -0.2) is 77.8 Å². The first kappa shape index (κ1) is 23.6. The number of carbonyl (C=O) groups is 3. The van der Waals surface area contributed by atoms with E-state index in [-0.39, 0.29) is 23.3 Å². The minimum Gasteiger partial charge on any atom is -0.465 e. The minimum absolute atomic E-state index is 0.0331. The molecule has 0 aromatic heterocycles. The van der Waals surface area contributed by atoms with Crippen molar-refractivity contribution in [2.24, 2.45) is 0 Å². The zero-order valence-corrected chi connectivity index (χ0v) is 18.9. The predicted molar refractivity (Wildman–Crippen MR) is 116 cm³/mol. The highest BCUT2D eigenvalue weighted by atomic mass is 32.2. The molecule has 10 nitrogen and oxygen atoms in total. The van der Waals surface area contributed by atoms with Gasteiger partial charge in [-0.25, -0.2) is 13.2 Å². The average Bonchev–Trinajstić information content (AvgIpc) is 3.01. The Morgan fingerprint density at radius 3 is 2.53 bits per heavy atom. The molecule has 0 radical (unpaired) electrons. The summed E-state index contributed by atoms with van der Waals surface area (Å²) in [7, 11) is -2.43. The first-order valence-corrected chi connectivity index (χ1v) is 11.9. The molecule has 3 amide bonds. The summed E-state index contributed by atoms with van der Waals surface area (Å²) in [5.74, 6) is -0.957. The average molecular weight is 465 g/mol. The molecule has 0 saturated carbocycles. The number of nitrogens with zero attached hydrogens (tertiary/aromatic N) is 3. The standard InChI is InChI=1S/C21H28N4O6S/c1-15-5-7-17(8-6-15)32(30,31)25-13-10-22-20(27)18(25)14-19(26)23(2)16-4-3-11-24(12-9-16)21(28)29/h5-8,10,13,16,18H,3-4,9,11-12,14H2,1-2H3,(H,22,27)(H,28,29)/t16-,18+/m0/s1. The maximum Gasteiger partial charge on any atom is 0.407 e. The van der Waals surface area contributed by atoms with Crippen LogP contribution in [0.4, 0.5) is 4.79 Å². The van der Waals surface area contributed by atoms with Gasteiger partial charge in [0, 0.05) is 38.6 Å². The summed E-state index contributed by atoms with van der Waals surface area (Å²) in [6, 6.07) is 4.87. The molecule has 1 fully saturated rings. The molecule has 1 aromatic carbocycles. The molecular formula is C21H28N4O6S. The third kappa shape index (κ3) is 5.04. The lowest BCUT2D eigenvalue weighted by atomic mass is 10.1. The molecule has 1 aromatic rings. The van der Waals surface area contributed by atoms with Gasteiger partial charge in [0.15, 0.2) is 0 Å².